The molecule has 3 nitrogen and oxygen atoms in total. The van der Waals surface area contributed by atoms with E-state index in [-0.39, 0.29) is 0 Å². The average molecular weight is 435 g/mol. The molecule has 0 heterocycles. The minimum atomic E-state index is -0.567. The summed E-state index contributed by atoms with van der Waals surface area (Å²) in [5, 5.41) is 0. The van der Waals surface area contributed by atoms with Crippen LogP contribution in [0.3, 0.4) is 0 Å². The highest BCUT2D eigenvalue weighted by molar-refractivity contribution is 5.59. The molecule has 2 aliphatic carbocycles. The van der Waals surface area contributed by atoms with Crippen molar-refractivity contribution in [1.29, 1.82) is 0 Å². The van der Waals surface area contributed by atoms with E-state index in [1.165, 1.54) is 86.5 Å². The minimum Gasteiger partial charge on any atom is -0.434 e. The van der Waals surface area contributed by atoms with Crippen molar-refractivity contribution in [2.24, 2.45) is 0 Å². The van der Waals surface area contributed by atoms with Crippen LogP contribution >= 0.6 is 0 Å². The van der Waals surface area contributed by atoms with Crippen LogP contribution in [-0.4, -0.2) is 19.4 Å². The molecular weight excluding hydrogens is 396 g/mol. The van der Waals surface area contributed by atoms with Crippen LogP contribution in [0.5, 0.6) is 0 Å². The Hall–Kier alpha value is -2.29. The van der Waals surface area contributed by atoms with Gasteiger partial charge in [0.25, 0.3) is 0 Å². The van der Waals surface area contributed by atoms with Crippen LogP contribution in [0.1, 0.15) is 98.3 Å². The Balaban J connectivity index is 1.11. The van der Waals surface area contributed by atoms with E-state index in [1.807, 2.05) is 0 Å². The maximum Gasteiger partial charge on any atom is 0.508 e. The second-order valence-electron chi connectivity index (χ2n) is 9.60. The van der Waals surface area contributed by atoms with Gasteiger partial charge in [0.05, 0.1) is 13.2 Å². The fraction of sp³-hybridized carbons (Fsp3) is 0.552. The predicted octanol–water partition coefficient (Wildman–Crippen LogP) is 7.72. The second-order valence-corrected chi connectivity index (χ2v) is 9.60. The van der Waals surface area contributed by atoms with Crippen molar-refractivity contribution in [1.82, 2.24) is 0 Å². The number of benzene rings is 2. The summed E-state index contributed by atoms with van der Waals surface area (Å²) >= 11 is 0. The van der Waals surface area contributed by atoms with Crippen LogP contribution in [0.25, 0.3) is 0 Å². The molecule has 0 amide bonds. The lowest BCUT2D eigenvalue weighted by molar-refractivity contribution is 0.0569. The average Bonchev–Trinajstić information content (AvgIpc) is 2.86. The molecule has 2 fully saturated rings. The number of carbonyl (C=O) groups is 1. The lowest BCUT2D eigenvalue weighted by Crippen LogP contribution is -2.12. The maximum atomic E-state index is 11.9. The minimum absolute atomic E-state index is 0.359. The molecule has 0 bridgehead atoms. The van der Waals surface area contributed by atoms with Gasteiger partial charge in [0.1, 0.15) is 0 Å². The third-order valence-corrected chi connectivity index (χ3v) is 7.33. The van der Waals surface area contributed by atoms with Crippen LogP contribution in [0.4, 0.5) is 4.79 Å². The third kappa shape index (κ3) is 6.85. The number of ether oxygens (including phenoxy) is 2. The first-order valence-corrected chi connectivity index (χ1v) is 12.7. The van der Waals surface area contributed by atoms with E-state index in [2.05, 4.69) is 48.5 Å². The van der Waals surface area contributed by atoms with Gasteiger partial charge < -0.3 is 9.47 Å². The Morgan fingerprint density at radius 1 is 0.594 bits per heavy atom. The van der Waals surface area contributed by atoms with E-state index >= 15 is 0 Å². The van der Waals surface area contributed by atoms with E-state index in [4.69, 9.17) is 9.47 Å². The predicted molar refractivity (Wildman–Crippen MR) is 129 cm³/mol. The molecule has 3 heteroatoms. The summed E-state index contributed by atoms with van der Waals surface area (Å²) in [6.45, 7) is 0.718. The highest BCUT2D eigenvalue weighted by Gasteiger charge is 2.16. The molecule has 0 N–H and O–H groups in total. The van der Waals surface area contributed by atoms with Gasteiger partial charge in [-0.15, -0.1) is 0 Å². The van der Waals surface area contributed by atoms with Gasteiger partial charge in [-0.05, 0) is 59.8 Å². The van der Waals surface area contributed by atoms with Crippen molar-refractivity contribution >= 4 is 6.16 Å². The SMILES string of the molecule is O=C(OCCc1ccc(C2CCCCC2)cc1)OCCc1ccc(C2CCCCC2)cc1. The van der Waals surface area contributed by atoms with Crippen LogP contribution in [0.15, 0.2) is 48.5 Å². The summed E-state index contributed by atoms with van der Waals surface area (Å²) in [7, 11) is 0. The first kappa shape index (κ1) is 22.9. The highest BCUT2D eigenvalue weighted by Crippen LogP contribution is 2.33. The molecule has 32 heavy (non-hydrogen) atoms. The second kappa shape index (κ2) is 12.1. The summed E-state index contributed by atoms with van der Waals surface area (Å²) in [6, 6.07) is 17.7. The van der Waals surface area contributed by atoms with Crippen LogP contribution in [-0.2, 0) is 22.3 Å². The third-order valence-electron chi connectivity index (χ3n) is 7.33. The molecule has 2 aliphatic rings. The van der Waals surface area contributed by atoms with Gasteiger partial charge in [0.15, 0.2) is 0 Å². The Morgan fingerprint density at radius 3 is 1.34 bits per heavy atom. The standard InChI is InChI=1S/C29H38O3/c30-29(31-21-19-23-11-15-27(16-12-23)25-7-3-1-4-8-25)32-22-20-24-13-17-28(18-14-24)26-9-5-2-6-10-26/h11-18,25-26H,1-10,19-22H2. The number of rotatable bonds is 8. The molecule has 2 aromatic carbocycles. The van der Waals surface area contributed by atoms with Gasteiger partial charge in [0, 0.05) is 12.8 Å². The fourth-order valence-corrected chi connectivity index (χ4v) is 5.33. The fourth-order valence-electron chi connectivity index (χ4n) is 5.33. The first-order chi connectivity index (χ1) is 15.8. The number of hydrogen-bond acceptors (Lipinski definition) is 3. The van der Waals surface area contributed by atoms with E-state index in [9.17, 15) is 4.79 Å². The quantitative estimate of drug-likeness (QED) is 0.399. The molecule has 0 atom stereocenters. The van der Waals surface area contributed by atoms with Crippen molar-refractivity contribution < 1.29 is 14.3 Å². The molecule has 0 saturated heterocycles. The number of hydrogen-bond donors (Lipinski definition) is 0. The summed E-state index contributed by atoms with van der Waals surface area (Å²) < 4.78 is 10.5. The Kier molecular flexibility index (Phi) is 8.64. The zero-order chi connectivity index (χ0) is 22.0. The van der Waals surface area contributed by atoms with Crippen LogP contribution in [0.2, 0.25) is 0 Å². The molecule has 0 unspecified atom stereocenters. The zero-order valence-corrected chi connectivity index (χ0v) is 19.4. The molecule has 0 radical (unpaired) electrons. The molecule has 172 valence electrons. The summed E-state index contributed by atoms with van der Waals surface area (Å²) in [4.78, 5) is 11.9. The Bertz CT molecular complexity index is 743. The van der Waals surface area contributed by atoms with Gasteiger partial charge in [0.2, 0.25) is 0 Å². The van der Waals surface area contributed by atoms with Crippen molar-refractivity contribution in [3.05, 3.63) is 70.8 Å². The lowest BCUT2D eigenvalue weighted by atomic mass is 9.84. The van der Waals surface area contributed by atoms with Gasteiger partial charge in [-0.3, -0.25) is 0 Å². The van der Waals surface area contributed by atoms with Gasteiger partial charge in [-0.2, -0.15) is 0 Å². The molecule has 2 aromatic rings. The monoisotopic (exact) mass is 434 g/mol. The molecule has 0 spiro atoms. The molecule has 2 saturated carbocycles. The first-order valence-electron chi connectivity index (χ1n) is 12.7. The largest absolute Gasteiger partial charge is 0.508 e. The topological polar surface area (TPSA) is 35.5 Å². The normalized spacial score (nSPS) is 17.8. The summed E-state index contributed by atoms with van der Waals surface area (Å²) in [6.07, 6.45) is 14.3. The van der Waals surface area contributed by atoms with Gasteiger partial charge >= 0.3 is 6.16 Å². The van der Waals surface area contributed by atoms with Crippen molar-refractivity contribution in [2.75, 3.05) is 13.2 Å². The zero-order valence-electron chi connectivity index (χ0n) is 19.4. The van der Waals surface area contributed by atoms with E-state index in [1.54, 1.807) is 0 Å². The van der Waals surface area contributed by atoms with Gasteiger partial charge in [-0.25, -0.2) is 4.79 Å². The van der Waals surface area contributed by atoms with Crippen LogP contribution in [0, 0.1) is 0 Å². The summed E-state index contributed by atoms with van der Waals surface area (Å²) in [5.74, 6) is 1.46. The number of carbonyl (C=O) groups excluding carboxylic acids is 1. The van der Waals surface area contributed by atoms with Crippen LogP contribution < -0.4 is 0 Å². The molecule has 0 aromatic heterocycles. The van der Waals surface area contributed by atoms with Crippen molar-refractivity contribution in [3.63, 3.8) is 0 Å². The smallest absolute Gasteiger partial charge is 0.434 e. The van der Waals surface area contributed by atoms with Crippen molar-refractivity contribution in [3.8, 4) is 0 Å². The summed E-state index contributed by atoms with van der Waals surface area (Å²) in [5.41, 5.74) is 5.33. The lowest BCUT2D eigenvalue weighted by Gasteiger charge is -2.22. The van der Waals surface area contributed by atoms with E-state index in [0.29, 0.717) is 13.2 Å². The Morgan fingerprint density at radius 2 is 0.969 bits per heavy atom. The van der Waals surface area contributed by atoms with Gasteiger partial charge in [-0.1, -0.05) is 87.1 Å². The van der Waals surface area contributed by atoms with Crippen molar-refractivity contribution in [2.45, 2.75) is 88.9 Å². The molecule has 4 rings (SSSR count). The maximum absolute atomic E-state index is 11.9. The molecule has 0 aliphatic heterocycles. The van der Waals surface area contributed by atoms with E-state index in [0.717, 1.165) is 24.7 Å². The highest BCUT2D eigenvalue weighted by atomic mass is 16.7. The molecular formula is C29H38O3. The Labute approximate surface area is 193 Å². The van der Waals surface area contributed by atoms with E-state index < -0.39 is 6.16 Å².